The van der Waals surface area contributed by atoms with Gasteiger partial charge in [-0.05, 0) is 18.1 Å². The van der Waals surface area contributed by atoms with E-state index >= 15 is 0 Å². The number of aryl methyl sites for hydroxylation is 1. The number of hydrogen-bond donors (Lipinski definition) is 0. The molecule has 2 saturated heterocycles. The molecule has 2 aliphatic heterocycles. The van der Waals surface area contributed by atoms with Crippen LogP contribution in [0.4, 0.5) is 0 Å². The van der Waals surface area contributed by atoms with Gasteiger partial charge in [0.25, 0.3) is 0 Å². The minimum Gasteiger partial charge on any atom is -0.375 e. The molecule has 2 bridgehead atoms. The van der Waals surface area contributed by atoms with E-state index in [1.807, 2.05) is 18.2 Å². The first-order valence-corrected chi connectivity index (χ1v) is 13.9. The molecule has 4 nitrogen and oxygen atoms in total. The highest BCUT2D eigenvalue weighted by Crippen LogP contribution is 2.67. The van der Waals surface area contributed by atoms with E-state index in [0.717, 1.165) is 17.9 Å². The lowest BCUT2D eigenvalue weighted by Gasteiger charge is -2.53. The first-order chi connectivity index (χ1) is 16.1. The number of para-hydroxylation sites is 1. The molecule has 0 N–H and O–H groups in total. The Bertz CT molecular complexity index is 1190. The molecule has 3 heterocycles. The molecule has 3 aliphatic rings. The second-order valence-corrected chi connectivity index (χ2v) is 12.4. The van der Waals surface area contributed by atoms with Crippen molar-refractivity contribution in [1.29, 1.82) is 0 Å². The lowest BCUT2D eigenvalue weighted by molar-refractivity contribution is -0.147. The summed E-state index contributed by atoms with van der Waals surface area (Å²) in [5.74, 6) is 3.00. The lowest BCUT2D eigenvalue weighted by Crippen LogP contribution is -2.54. The van der Waals surface area contributed by atoms with Gasteiger partial charge in [-0.25, -0.2) is 0 Å². The van der Waals surface area contributed by atoms with Crippen molar-refractivity contribution in [2.75, 3.05) is 24.7 Å². The van der Waals surface area contributed by atoms with E-state index in [2.05, 4.69) is 83.4 Å². The molecule has 3 aromatic rings. The normalized spacial score (nSPS) is 25.7. The third-order valence-corrected chi connectivity index (χ3v) is 11.4. The number of likely N-dealkylation sites (tertiary alicyclic amines) is 1. The number of nitrogens with zero attached hydrogens (tertiary/aromatic N) is 2. The number of fused-ring (bicyclic) bond motifs is 8. The highest BCUT2D eigenvalue weighted by atomic mass is 32.2. The van der Waals surface area contributed by atoms with Crippen LogP contribution in [0.2, 0.25) is 0 Å². The first-order valence-electron chi connectivity index (χ1n) is 11.9. The Kier molecular flexibility index (Phi) is 5.51. The summed E-state index contributed by atoms with van der Waals surface area (Å²) in [6, 6.07) is 19.1. The van der Waals surface area contributed by atoms with Crippen molar-refractivity contribution in [3.8, 4) is 0 Å². The van der Waals surface area contributed by atoms with Crippen LogP contribution in [0.25, 0.3) is 10.9 Å². The predicted molar refractivity (Wildman–Crippen MR) is 137 cm³/mol. The average molecular weight is 479 g/mol. The minimum atomic E-state index is -0.00935. The number of aromatic nitrogens is 1. The minimum absolute atomic E-state index is 0.00935. The van der Waals surface area contributed by atoms with E-state index in [1.54, 1.807) is 0 Å². The van der Waals surface area contributed by atoms with Crippen molar-refractivity contribution >= 4 is 40.3 Å². The summed E-state index contributed by atoms with van der Waals surface area (Å²) >= 11 is 4.16. The molecule has 1 aliphatic carbocycles. The molecule has 6 rings (SSSR count). The molecule has 1 amide bonds. The summed E-state index contributed by atoms with van der Waals surface area (Å²) in [4.78, 5) is 15.9. The standard InChI is InChI=1S/C27H30N2O2S2/c1-18-21-16-23(29(26(18)30)12-13-31-17-19-8-4-3-5-9-19)24-20-10-6-7-11-22(20)28(2)25(24)27(21)32-14-15-33-27/h3-11,18,21,23H,12-17H2,1-2H3/t18-,21+,23+/m1/s1. The van der Waals surface area contributed by atoms with Gasteiger partial charge in [-0.1, -0.05) is 55.5 Å². The SMILES string of the molecule is C[C@H]1C(=O)N(CCOCc2ccccc2)[C@H]2C[C@@H]1C1(SCCS1)c1c2c2ccccc2n1C. The fourth-order valence-corrected chi connectivity index (χ4v) is 10.1. The van der Waals surface area contributed by atoms with Crippen molar-refractivity contribution in [1.82, 2.24) is 9.47 Å². The summed E-state index contributed by atoms with van der Waals surface area (Å²) in [7, 11) is 2.23. The van der Waals surface area contributed by atoms with E-state index in [4.69, 9.17) is 4.74 Å². The Balaban J connectivity index is 1.36. The summed E-state index contributed by atoms with van der Waals surface area (Å²) < 4.78 is 8.43. The van der Waals surface area contributed by atoms with Crippen molar-refractivity contribution < 1.29 is 9.53 Å². The summed E-state index contributed by atoms with van der Waals surface area (Å²) in [5.41, 5.74) is 5.28. The van der Waals surface area contributed by atoms with E-state index in [-0.39, 0.29) is 16.0 Å². The highest BCUT2D eigenvalue weighted by molar-refractivity contribution is 8.20. The van der Waals surface area contributed by atoms with Crippen LogP contribution in [0.3, 0.4) is 0 Å². The monoisotopic (exact) mass is 478 g/mol. The van der Waals surface area contributed by atoms with Gasteiger partial charge < -0.3 is 14.2 Å². The van der Waals surface area contributed by atoms with Gasteiger partial charge in [0.15, 0.2) is 0 Å². The summed E-state index contributed by atoms with van der Waals surface area (Å²) in [6.45, 7) is 3.95. The third kappa shape index (κ3) is 3.28. The van der Waals surface area contributed by atoms with Gasteiger partial charge in [0.1, 0.15) is 4.08 Å². The van der Waals surface area contributed by atoms with E-state index < -0.39 is 0 Å². The molecule has 172 valence electrons. The Morgan fingerprint density at radius 1 is 1.06 bits per heavy atom. The van der Waals surface area contributed by atoms with Crippen LogP contribution in [-0.4, -0.2) is 40.0 Å². The van der Waals surface area contributed by atoms with Crippen LogP contribution >= 0.6 is 23.5 Å². The zero-order valence-corrected chi connectivity index (χ0v) is 20.8. The number of carbonyl (C=O) groups excluding carboxylic acids is 1. The first kappa shape index (κ1) is 21.6. The smallest absolute Gasteiger partial charge is 0.226 e. The molecule has 6 heteroatoms. The fraction of sp³-hybridized carbons (Fsp3) is 0.444. The molecule has 2 aromatic carbocycles. The van der Waals surface area contributed by atoms with E-state index in [1.165, 1.54) is 27.7 Å². The van der Waals surface area contributed by atoms with Crippen LogP contribution in [0.15, 0.2) is 54.6 Å². The molecule has 3 atom stereocenters. The average Bonchev–Trinajstić information content (AvgIpc) is 3.44. The molecular weight excluding hydrogens is 448 g/mol. The molecular formula is C27H30N2O2S2. The maximum atomic E-state index is 13.7. The number of ether oxygens (including phenoxy) is 1. The number of thioether (sulfide) groups is 2. The largest absolute Gasteiger partial charge is 0.375 e. The van der Waals surface area contributed by atoms with Gasteiger partial charge in [-0.15, -0.1) is 23.5 Å². The van der Waals surface area contributed by atoms with Gasteiger partial charge in [-0.3, -0.25) is 4.79 Å². The fourth-order valence-electron chi connectivity index (χ4n) is 6.25. The number of benzene rings is 2. The van der Waals surface area contributed by atoms with Gasteiger partial charge >= 0.3 is 0 Å². The van der Waals surface area contributed by atoms with E-state index in [9.17, 15) is 4.79 Å². The highest BCUT2D eigenvalue weighted by Gasteiger charge is 2.59. The van der Waals surface area contributed by atoms with Crippen LogP contribution < -0.4 is 0 Å². The molecule has 0 unspecified atom stereocenters. The third-order valence-electron chi connectivity index (χ3n) is 7.73. The van der Waals surface area contributed by atoms with Crippen molar-refractivity contribution in [3.05, 3.63) is 71.4 Å². The Morgan fingerprint density at radius 3 is 2.58 bits per heavy atom. The summed E-state index contributed by atoms with van der Waals surface area (Å²) in [5, 5.41) is 1.31. The quantitative estimate of drug-likeness (QED) is 0.449. The van der Waals surface area contributed by atoms with Gasteiger partial charge in [0.05, 0.1) is 24.9 Å². The number of amides is 1. The van der Waals surface area contributed by atoms with Gasteiger partial charge in [0.2, 0.25) is 5.91 Å². The van der Waals surface area contributed by atoms with Crippen molar-refractivity contribution in [2.24, 2.45) is 18.9 Å². The lowest BCUT2D eigenvalue weighted by atomic mass is 9.71. The Morgan fingerprint density at radius 2 is 1.79 bits per heavy atom. The number of piperidine rings is 1. The maximum Gasteiger partial charge on any atom is 0.226 e. The van der Waals surface area contributed by atoms with Crippen molar-refractivity contribution in [3.63, 3.8) is 0 Å². The van der Waals surface area contributed by atoms with Crippen LogP contribution in [0.1, 0.15) is 36.2 Å². The molecule has 1 spiro atoms. The maximum absolute atomic E-state index is 13.7. The zero-order valence-electron chi connectivity index (χ0n) is 19.2. The number of rotatable bonds is 5. The number of hydrogen-bond acceptors (Lipinski definition) is 4. The van der Waals surface area contributed by atoms with Crippen LogP contribution in [-0.2, 0) is 27.3 Å². The molecule has 0 radical (unpaired) electrons. The Hall–Kier alpha value is -1.89. The zero-order chi connectivity index (χ0) is 22.6. The van der Waals surface area contributed by atoms with Crippen molar-refractivity contribution in [2.45, 2.75) is 30.1 Å². The molecule has 33 heavy (non-hydrogen) atoms. The van der Waals surface area contributed by atoms with Crippen LogP contribution in [0.5, 0.6) is 0 Å². The second-order valence-electron chi connectivity index (χ2n) is 9.42. The number of carbonyl (C=O) groups is 1. The van der Waals surface area contributed by atoms with Gasteiger partial charge in [-0.2, -0.15) is 0 Å². The molecule has 1 aromatic heterocycles. The molecule has 0 saturated carbocycles. The van der Waals surface area contributed by atoms with E-state index in [0.29, 0.717) is 31.6 Å². The Labute approximate surface area is 204 Å². The second kappa shape index (κ2) is 8.40. The molecule has 2 fully saturated rings. The van der Waals surface area contributed by atoms with Gasteiger partial charge in [0, 0.05) is 53.4 Å². The van der Waals surface area contributed by atoms with Crippen LogP contribution in [0, 0.1) is 11.8 Å². The topological polar surface area (TPSA) is 34.5 Å². The summed E-state index contributed by atoms with van der Waals surface area (Å²) in [6.07, 6.45) is 1.05. The predicted octanol–water partition coefficient (Wildman–Crippen LogP) is 5.57.